The van der Waals surface area contributed by atoms with Crippen LogP contribution in [0, 0.1) is 12.7 Å². The zero-order valence-electron chi connectivity index (χ0n) is 15.5. The number of anilines is 1. The van der Waals surface area contributed by atoms with Crippen molar-refractivity contribution in [2.75, 3.05) is 19.0 Å². The molecule has 2 N–H and O–H groups in total. The number of amides is 1. The molecule has 28 heavy (non-hydrogen) atoms. The van der Waals surface area contributed by atoms with Crippen molar-refractivity contribution in [1.82, 2.24) is 5.32 Å². The van der Waals surface area contributed by atoms with Crippen molar-refractivity contribution >= 4 is 34.5 Å². The Balaban J connectivity index is 1.72. The number of hydrogen-bond donors (Lipinski definition) is 2. The van der Waals surface area contributed by atoms with Gasteiger partial charge in [0.1, 0.15) is 11.6 Å². The van der Waals surface area contributed by atoms with E-state index in [1.54, 1.807) is 35.6 Å². The summed E-state index contributed by atoms with van der Waals surface area (Å²) in [7, 11) is 1.52. The van der Waals surface area contributed by atoms with Crippen molar-refractivity contribution in [3.63, 3.8) is 0 Å². The molecule has 0 aliphatic carbocycles. The Labute approximate surface area is 172 Å². The molecule has 1 amide bonds. The molecule has 0 unspecified atom stereocenters. The Morgan fingerprint density at radius 1 is 1.25 bits per heavy atom. The van der Waals surface area contributed by atoms with Crippen LogP contribution in [0.5, 0.6) is 5.75 Å². The summed E-state index contributed by atoms with van der Waals surface area (Å²) in [4.78, 5) is 13.6. The number of rotatable bonds is 7. The Morgan fingerprint density at radius 3 is 2.64 bits per heavy atom. The summed E-state index contributed by atoms with van der Waals surface area (Å²) >= 11 is 7.68. The van der Waals surface area contributed by atoms with E-state index in [-0.39, 0.29) is 24.3 Å². The average Bonchev–Trinajstić information content (AvgIpc) is 3.20. The van der Waals surface area contributed by atoms with Crippen LogP contribution in [0.1, 0.15) is 22.0 Å². The van der Waals surface area contributed by atoms with Gasteiger partial charge in [0.25, 0.3) is 0 Å². The number of nitrogens with one attached hydrogen (secondary N) is 2. The zero-order chi connectivity index (χ0) is 20.1. The molecule has 4 nitrogen and oxygen atoms in total. The molecular formula is C21H20ClFN2O2S. The number of carbonyl (C=O) groups is 1. The third kappa shape index (κ3) is 4.90. The van der Waals surface area contributed by atoms with Gasteiger partial charge in [-0.05, 0) is 47.7 Å². The summed E-state index contributed by atoms with van der Waals surface area (Å²) in [6, 6.07) is 13.4. The van der Waals surface area contributed by atoms with E-state index >= 15 is 0 Å². The quantitative estimate of drug-likeness (QED) is 0.556. The number of benzene rings is 2. The molecule has 1 aromatic heterocycles. The molecular weight excluding hydrogens is 399 g/mol. The smallest absolute Gasteiger partial charge is 0.238 e. The fourth-order valence-corrected chi connectivity index (χ4v) is 3.79. The molecule has 7 heteroatoms. The lowest BCUT2D eigenvalue weighted by Gasteiger charge is -2.18. The Bertz CT molecular complexity index is 946. The molecule has 3 rings (SSSR count). The SMILES string of the molecule is COc1cc(Cl)c(C)cc1NC(=O)CN[C@@H](c1ccc(F)cc1)c1cccs1. The second kappa shape index (κ2) is 9.19. The lowest BCUT2D eigenvalue weighted by molar-refractivity contribution is -0.115. The first kappa shape index (κ1) is 20.3. The van der Waals surface area contributed by atoms with E-state index in [1.807, 2.05) is 24.4 Å². The second-order valence-corrected chi connectivity index (χ2v) is 7.62. The van der Waals surface area contributed by atoms with Crippen LogP contribution in [-0.2, 0) is 4.79 Å². The molecule has 0 bridgehead atoms. The summed E-state index contributed by atoms with van der Waals surface area (Å²) < 4.78 is 18.6. The number of hydrogen-bond acceptors (Lipinski definition) is 4. The third-order valence-corrected chi connectivity index (χ3v) is 5.60. The van der Waals surface area contributed by atoms with E-state index in [0.29, 0.717) is 16.5 Å². The summed E-state index contributed by atoms with van der Waals surface area (Å²) in [5.41, 5.74) is 2.29. The minimum absolute atomic E-state index is 0.0742. The molecule has 0 saturated carbocycles. The standard InChI is InChI=1S/C21H20ClFN2O2S/c1-13-10-17(18(27-2)11-16(13)22)25-20(26)12-24-21(19-4-3-9-28-19)14-5-7-15(23)8-6-14/h3-11,21,24H,12H2,1-2H3,(H,25,26)/t21-/m0/s1. The summed E-state index contributed by atoms with van der Waals surface area (Å²) in [6.07, 6.45) is 0. The van der Waals surface area contributed by atoms with Crippen LogP contribution in [-0.4, -0.2) is 19.6 Å². The molecule has 0 fully saturated rings. The van der Waals surface area contributed by atoms with Crippen molar-refractivity contribution in [2.45, 2.75) is 13.0 Å². The maximum Gasteiger partial charge on any atom is 0.238 e. The van der Waals surface area contributed by atoms with Crippen LogP contribution in [0.2, 0.25) is 5.02 Å². The van der Waals surface area contributed by atoms with E-state index in [1.165, 1.54) is 19.2 Å². The van der Waals surface area contributed by atoms with Gasteiger partial charge in [0.2, 0.25) is 5.91 Å². The van der Waals surface area contributed by atoms with Gasteiger partial charge in [-0.15, -0.1) is 11.3 Å². The van der Waals surface area contributed by atoms with Crippen molar-refractivity contribution in [3.8, 4) is 5.75 Å². The summed E-state index contributed by atoms with van der Waals surface area (Å²) in [6.45, 7) is 1.93. The van der Waals surface area contributed by atoms with E-state index in [0.717, 1.165) is 16.0 Å². The zero-order valence-corrected chi connectivity index (χ0v) is 17.0. The predicted octanol–water partition coefficient (Wildman–Crippen LogP) is 5.18. The minimum atomic E-state index is -0.295. The number of ether oxygens (including phenoxy) is 1. The van der Waals surface area contributed by atoms with Gasteiger partial charge in [-0.2, -0.15) is 0 Å². The molecule has 0 saturated heterocycles. The van der Waals surface area contributed by atoms with Crippen LogP contribution in [0.4, 0.5) is 10.1 Å². The highest BCUT2D eigenvalue weighted by atomic mass is 35.5. The number of methoxy groups -OCH3 is 1. The van der Waals surface area contributed by atoms with Gasteiger partial charge in [0.05, 0.1) is 25.4 Å². The Kier molecular flexibility index (Phi) is 6.67. The lowest BCUT2D eigenvalue weighted by Crippen LogP contribution is -2.31. The highest BCUT2D eigenvalue weighted by molar-refractivity contribution is 7.10. The van der Waals surface area contributed by atoms with Gasteiger partial charge in [-0.25, -0.2) is 4.39 Å². The van der Waals surface area contributed by atoms with Crippen LogP contribution in [0.25, 0.3) is 0 Å². The average molecular weight is 419 g/mol. The van der Waals surface area contributed by atoms with Crippen molar-refractivity contribution < 1.29 is 13.9 Å². The first-order valence-electron chi connectivity index (χ1n) is 8.64. The number of carbonyl (C=O) groups excluding carboxylic acids is 1. The molecule has 1 atom stereocenters. The highest BCUT2D eigenvalue weighted by Crippen LogP contribution is 2.31. The van der Waals surface area contributed by atoms with Gasteiger partial charge in [0, 0.05) is 16.0 Å². The van der Waals surface area contributed by atoms with Gasteiger partial charge in [-0.1, -0.05) is 29.8 Å². The monoisotopic (exact) mass is 418 g/mol. The normalized spacial score (nSPS) is 11.9. The first-order chi connectivity index (χ1) is 13.5. The lowest BCUT2D eigenvalue weighted by atomic mass is 10.1. The van der Waals surface area contributed by atoms with Crippen LogP contribution in [0.3, 0.4) is 0 Å². The third-order valence-electron chi connectivity index (χ3n) is 4.25. The van der Waals surface area contributed by atoms with E-state index in [9.17, 15) is 9.18 Å². The maximum atomic E-state index is 13.3. The van der Waals surface area contributed by atoms with Gasteiger partial charge < -0.3 is 10.1 Å². The first-order valence-corrected chi connectivity index (χ1v) is 9.90. The molecule has 1 heterocycles. The van der Waals surface area contributed by atoms with Crippen molar-refractivity contribution in [2.24, 2.45) is 0 Å². The molecule has 0 aliphatic heterocycles. The second-order valence-electron chi connectivity index (χ2n) is 6.23. The minimum Gasteiger partial charge on any atom is -0.495 e. The molecule has 146 valence electrons. The summed E-state index contributed by atoms with van der Waals surface area (Å²) in [5.74, 6) is -0.0161. The number of halogens is 2. The van der Waals surface area contributed by atoms with E-state index < -0.39 is 0 Å². The van der Waals surface area contributed by atoms with E-state index in [2.05, 4.69) is 10.6 Å². The highest BCUT2D eigenvalue weighted by Gasteiger charge is 2.17. The molecule has 0 spiro atoms. The fraction of sp³-hybridized carbons (Fsp3) is 0.190. The van der Waals surface area contributed by atoms with Crippen LogP contribution < -0.4 is 15.4 Å². The maximum absolute atomic E-state index is 13.3. The topological polar surface area (TPSA) is 50.4 Å². The predicted molar refractivity (Wildman–Crippen MR) is 112 cm³/mol. The molecule has 0 aliphatic rings. The van der Waals surface area contributed by atoms with E-state index in [4.69, 9.17) is 16.3 Å². The van der Waals surface area contributed by atoms with Crippen LogP contribution in [0.15, 0.2) is 53.9 Å². The van der Waals surface area contributed by atoms with Crippen molar-refractivity contribution in [1.29, 1.82) is 0 Å². The fourth-order valence-electron chi connectivity index (χ4n) is 2.81. The van der Waals surface area contributed by atoms with Gasteiger partial charge in [0.15, 0.2) is 0 Å². The number of thiophene rings is 1. The van der Waals surface area contributed by atoms with Gasteiger partial charge >= 0.3 is 0 Å². The van der Waals surface area contributed by atoms with Crippen LogP contribution >= 0.6 is 22.9 Å². The van der Waals surface area contributed by atoms with Gasteiger partial charge in [-0.3, -0.25) is 10.1 Å². The largest absolute Gasteiger partial charge is 0.495 e. The number of aryl methyl sites for hydroxylation is 1. The Morgan fingerprint density at radius 2 is 2.00 bits per heavy atom. The van der Waals surface area contributed by atoms with Crippen molar-refractivity contribution in [3.05, 3.63) is 80.8 Å². The summed E-state index contributed by atoms with van der Waals surface area (Å²) in [5, 5.41) is 8.64. The molecule has 2 aromatic carbocycles. The Hall–Kier alpha value is -2.41. The molecule has 3 aromatic rings. The molecule has 0 radical (unpaired) electrons.